The topological polar surface area (TPSA) is 64.3 Å². The number of hydrogen-bond donors (Lipinski definition) is 2. The number of nitrogens with one attached hydrogen (secondary N) is 1. The van der Waals surface area contributed by atoms with E-state index in [0.29, 0.717) is 12.3 Å². The highest BCUT2D eigenvalue weighted by molar-refractivity contribution is 5.75. The summed E-state index contributed by atoms with van der Waals surface area (Å²) in [5.74, 6) is 0.478. The van der Waals surface area contributed by atoms with Gasteiger partial charge in [0.1, 0.15) is 6.04 Å². The van der Waals surface area contributed by atoms with Gasteiger partial charge in [-0.2, -0.15) is 0 Å². The Morgan fingerprint density at radius 3 is 2.60 bits per heavy atom. The van der Waals surface area contributed by atoms with Gasteiger partial charge in [0.25, 0.3) is 0 Å². The number of carbonyl (C=O) groups excluding carboxylic acids is 1. The van der Waals surface area contributed by atoms with Crippen molar-refractivity contribution >= 4 is 5.97 Å². The zero-order chi connectivity index (χ0) is 15.0. The molecular formula is C16H30N2O2. The molecule has 1 fully saturated rings. The van der Waals surface area contributed by atoms with E-state index in [1.54, 1.807) is 0 Å². The fourth-order valence-electron chi connectivity index (χ4n) is 2.94. The lowest BCUT2D eigenvalue weighted by atomic mass is 9.89. The van der Waals surface area contributed by atoms with Crippen LogP contribution in [0.1, 0.15) is 51.9 Å². The van der Waals surface area contributed by atoms with E-state index in [2.05, 4.69) is 11.9 Å². The average Bonchev–Trinajstić information content (AvgIpc) is 2.42. The summed E-state index contributed by atoms with van der Waals surface area (Å²) in [6.45, 7) is 6.72. The Morgan fingerprint density at radius 2 is 2.05 bits per heavy atom. The van der Waals surface area contributed by atoms with Crippen LogP contribution in [0.25, 0.3) is 0 Å². The summed E-state index contributed by atoms with van der Waals surface area (Å²) in [7, 11) is 1.43. The molecule has 0 saturated heterocycles. The number of carbonyl (C=O) groups is 1. The molecule has 3 N–H and O–H groups in total. The van der Waals surface area contributed by atoms with E-state index in [1.807, 2.05) is 6.92 Å². The fraction of sp³-hybridized carbons (Fsp3) is 0.812. The first-order valence-corrected chi connectivity index (χ1v) is 7.74. The quantitative estimate of drug-likeness (QED) is 0.530. The predicted molar refractivity (Wildman–Crippen MR) is 82.4 cm³/mol. The van der Waals surface area contributed by atoms with Gasteiger partial charge in [-0.25, -0.2) is 0 Å². The molecule has 0 spiro atoms. The second kappa shape index (κ2) is 9.14. The highest BCUT2D eigenvalue weighted by atomic mass is 16.5. The molecule has 0 aromatic carbocycles. The van der Waals surface area contributed by atoms with Gasteiger partial charge in [-0.3, -0.25) is 4.79 Å². The second-order valence-corrected chi connectivity index (χ2v) is 6.15. The minimum atomic E-state index is -0.295. The van der Waals surface area contributed by atoms with Crippen molar-refractivity contribution in [1.29, 1.82) is 0 Å². The van der Waals surface area contributed by atoms with E-state index in [0.717, 1.165) is 18.5 Å². The van der Waals surface area contributed by atoms with Crippen molar-refractivity contribution in [3.05, 3.63) is 12.2 Å². The van der Waals surface area contributed by atoms with Crippen molar-refractivity contribution < 1.29 is 9.53 Å². The number of esters is 1. The Hall–Kier alpha value is -0.870. The van der Waals surface area contributed by atoms with E-state index in [4.69, 9.17) is 10.5 Å². The highest BCUT2D eigenvalue weighted by Gasteiger charge is 2.23. The van der Waals surface area contributed by atoms with E-state index in [9.17, 15) is 4.79 Å². The normalized spacial score (nSPS) is 19.4. The number of hydrogen-bond acceptors (Lipinski definition) is 4. The Balaban J connectivity index is 2.42. The van der Waals surface area contributed by atoms with Gasteiger partial charge in [-0.1, -0.05) is 24.8 Å². The van der Waals surface area contributed by atoms with Crippen LogP contribution in [0.5, 0.6) is 0 Å². The monoisotopic (exact) mass is 282 g/mol. The minimum absolute atomic E-state index is 0.0459. The SMILES string of the molecule is C=C(C)CC(N)CC(NCC1CCCCC1)C(=O)OC. The number of methoxy groups -OCH3 is 1. The van der Waals surface area contributed by atoms with Crippen molar-refractivity contribution in [2.75, 3.05) is 13.7 Å². The standard InChI is InChI=1S/C16H30N2O2/c1-12(2)9-14(17)10-15(16(19)20-3)18-11-13-7-5-4-6-8-13/h13-15,18H,1,4-11,17H2,2-3H3. The van der Waals surface area contributed by atoms with Crippen molar-refractivity contribution in [1.82, 2.24) is 5.32 Å². The molecule has 1 saturated carbocycles. The molecule has 0 aliphatic heterocycles. The minimum Gasteiger partial charge on any atom is -0.468 e. The summed E-state index contributed by atoms with van der Waals surface area (Å²) in [4.78, 5) is 11.8. The fourth-order valence-corrected chi connectivity index (χ4v) is 2.94. The lowest BCUT2D eigenvalue weighted by Crippen LogP contribution is -2.44. The van der Waals surface area contributed by atoms with Crippen molar-refractivity contribution in [3.63, 3.8) is 0 Å². The second-order valence-electron chi connectivity index (χ2n) is 6.15. The Kier molecular flexibility index (Phi) is 7.85. The first-order chi connectivity index (χ1) is 9.52. The first-order valence-electron chi connectivity index (χ1n) is 7.74. The maximum atomic E-state index is 11.8. The van der Waals surface area contributed by atoms with Crippen LogP contribution in [0.3, 0.4) is 0 Å². The summed E-state index contributed by atoms with van der Waals surface area (Å²) < 4.78 is 4.88. The Labute approximate surface area is 123 Å². The summed E-state index contributed by atoms with van der Waals surface area (Å²) in [6.07, 6.45) is 7.84. The van der Waals surface area contributed by atoms with Crippen LogP contribution in [-0.2, 0) is 9.53 Å². The van der Waals surface area contributed by atoms with Crippen molar-refractivity contribution in [2.24, 2.45) is 11.7 Å². The zero-order valence-corrected chi connectivity index (χ0v) is 13.0. The molecule has 1 aliphatic rings. The Morgan fingerprint density at radius 1 is 1.40 bits per heavy atom. The van der Waals surface area contributed by atoms with Gasteiger partial charge in [-0.15, -0.1) is 6.58 Å². The molecule has 0 heterocycles. The van der Waals surface area contributed by atoms with Crippen LogP contribution in [0.2, 0.25) is 0 Å². The molecule has 2 atom stereocenters. The smallest absolute Gasteiger partial charge is 0.322 e. The molecule has 0 aromatic heterocycles. The van der Waals surface area contributed by atoms with Crippen molar-refractivity contribution in [3.8, 4) is 0 Å². The predicted octanol–water partition coefficient (Wildman–Crippen LogP) is 2.38. The molecular weight excluding hydrogens is 252 g/mol. The van der Waals surface area contributed by atoms with Crippen molar-refractivity contribution in [2.45, 2.75) is 64.0 Å². The van der Waals surface area contributed by atoms with E-state index >= 15 is 0 Å². The van der Waals surface area contributed by atoms with Gasteiger partial charge in [0.2, 0.25) is 0 Å². The van der Waals surface area contributed by atoms with Gasteiger partial charge in [0.05, 0.1) is 7.11 Å². The molecule has 0 bridgehead atoms. The van der Waals surface area contributed by atoms with Gasteiger partial charge >= 0.3 is 5.97 Å². The van der Waals surface area contributed by atoms with Gasteiger partial charge < -0.3 is 15.8 Å². The molecule has 0 aromatic rings. The maximum Gasteiger partial charge on any atom is 0.322 e. The molecule has 2 unspecified atom stereocenters. The summed E-state index contributed by atoms with van der Waals surface area (Å²) in [5.41, 5.74) is 7.12. The Bertz CT molecular complexity index is 312. The van der Waals surface area contributed by atoms with E-state index in [1.165, 1.54) is 39.2 Å². The first kappa shape index (κ1) is 17.2. The number of ether oxygens (including phenoxy) is 1. The van der Waals surface area contributed by atoms with Gasteiger partial charge in [-0.05, 0) is 45.1 Å². The van der Waals surface area contributed by atoms with Gasteiger partial charge in [0, 0.05) is 6.04 Å². The summed E-state index contributed by atoms with van der Waals surface area (Å²) in [6, 6.07) is -0.341. The lowest BCUT2D eigenvalue weighted by molar-refractivity contribution is -0.143. The third-order valence-electron chi connectivity index (χ3n) is 4.01. The molecule has 4 heteroatoms. The van der Waals surface area contributed by atoms with Crippen LogP contribution < -0.4 is 11.1 Å². The number of nitrogens with two attached hydrogens (primary N) is 1. The van der Waals surface area contributed by atoms with Crippen LogP contribution >= 0.6 is 0 Å². The van der Waals surface area contributed by atoms with Crippen LogP contribution in [0, 0.1) is 5.92 Å². The third-order valence-corrected chi connectivity index (χ3v) is 4.01. The summed E-state index contributed by atoms with van der Waals surface area (Å²) in [5, 5.41) is 3.36. The highest BCUT2D eigenvalue weighted by Crippen LogP contribution is 2.23. The molecule has 4 nitrogen and oxygen atoms in total. The largest absolute Gasteiger partial charge is 0.468 e. The molecule has 1 rings (SSSR count). The van der Waals surface area contributed by atoms with Crippen LogP contribution in [0.4, 0.5) is 0 Å². The third kappa shape index (κ3) is 6.53. The van der Waals surface area contributed by atoms with Crippen LogP contribution in [0.15, 0.2) is 12.2 Å². The molecule has 1 aliphatic carbocycles. The molecule has 20 heavy (non-hydrogen) atoms. The van der Waals surface area contributed by atoms with E-state index < -0.39 is 0 Å². The van der Waals surface area contributed by atoms with E-state index in [-0.39, 0.29) is 18.1 Å². The maximum absolute atomic E-state index is 11.8. The molecule has 0 radical (unpaired) electrons. The number of rotatable bonds is 8. The lowest BCUT2D eigenvalue weighted by Gasteiger charge is -2.26. The van der Waals surface area contributed by atoms with Crippen LogP contribution in [-0.4, -0.2) is 31.7 Å². The average molecular weight is 282 g/mol. The zero-order valence-electron chi connectivity index (χ0n) is 13.0. The molecule has 0 amide bonds. The van der Waals surface area contributed by atoms with Gasteiger partial charge in [0.15, 0.2) is 0 Å². The summed E-state index contributed by atoms with van der Waals surface area (Å²) >= 11 is 0. The molecule has 116 valence electrons.